The predicted octanol–water partition coefficient (Wildman–Crippen LogP) is 2.68. The number of amides is 1. The number of hydrogen-bond acceptors (Lipinski definition) is 1. The second-order valence-corrected chi connectivity index (χ2v) is 5.06. The number of carbonyl (C=O) groups is 1. The van der Waals surface area contributed by atoms with E-state index < -0.39 is 0 Å². The van der Waals surface area contributed by atoms with Gasteiger partial charge in [0.2, 0.25) is 5.91 Å². The second-order valence-electron chi connectivity index (χ2n) is 4.65. The molecule has 0 radical (unpaired) electrons. The van der Waals surface area contributed by atoms with Gasteiger partial charge in [0, 0.05) is 24.0 Å². The zero-order valence-corrected chi connectivity index (χ0v) is 9.78. The molecule has 1 saturated heterocycles. The largest absolute Gasteiger partial charge is 0.342 e. The fraction of sp³-hybridized carbons (Fsp3) is 0.462. The van der Waals surface area contributed by atoms with Crippen molar-refractivity contribution in [2.45, 2.75) is 18.8 Å². The lowest BCUT2D eigenvalue weighted by molar-refractivity contribution is -0.136. The average Bonchev–Trinajstić information content (AvgIpc) is 2.95. The summed E-state index contributed by atoms with van der Waals surface area (Å²) in [5, 5.41) is 0.798. The molecule has 16 heavy (non-hydrogen) atoms. The zero-order chi connectivity index (χ0) is 11.1. The van der Waals surface area contributed by atoms with E-state index >= 15 is 0 Å². The van der Waals surface area contributed by atoms with Gasteiger partial charge >= 0.3 is 0 Å². The van der Waals surface area contributed by atoms with Crippen LogP contribution in [0.4, 0.5) is 0 Å². The Morgan fingerprint density at radius 3 is 2.69 bits per heavy atom. The normalized spacial score (nSPS) is 27.4. The van der Waals surface area contributed by atoms with E-state index in [1.165, 1.54) is 0 Å². The molecule has 0 bridgehead atoms. The van der Waals surface area contributed by atoms with Crippen LogP contribution in [0.5, 0.6) is 0 Å². The lowest BCUT2D eigenvalue weighted by atomic mass is 10.1. The summed E-state index contributed by atoms with van der Waals surface area (Å²) in [6, 6.07) is 7.86. The molecule has 2 nitrogen and oxygen atoms in total. The predicted molar refractivity (Wildman–Crippen MR) is 63.5 cm³/mol. The van der Waals surface area contributed by atoms with Crippen molar-refractivity contribution >= 4 is 17.5 Å². The van der Waals surface area contributed by atoms with Crippen molar-refractivity contribution in [1.82, 2.24) is 4.90 Å². The molecule has 0 N–H and O–H groups in total. The summed E-state index contributed by atoms with van der Waals surface area (Å²) >= 11 is 6.13. The van der Waals surface area contributed by atoms with Crippen molar-refractivity contribution in [3.05, 3.63) is 34.9 Å². The third-order valence-electron chi connectivity index (χ3n) is 3.58. The van der Waals surface area contributed by atoms with Crippen LogP contribution in [0.3, 0.4) is 0 Å². The highest BCUT2D eigenvalue weighted by molar-refractivity contribution is 6.31. The van der Waals surface area contributed by atoms with Gasteiger partial charge in [-0.15, -0.1) is 0 Å². The van der Waals surface area contributed by atoms with Gasteiger partial charge in [-0.3, -0.25) is 4.79 Å². The summed E-state index contributed by atoms with van der Waals surface area (Å²) in [5.74, 6) is 0.887. The monoisotopic (exact) mass is 235 g/mol. The van der Waals surface area contributed by atoms with Crippen LogP contribution in [0, 0.1) is 5.92 Å². The Morgan fingerprint density at radius 1 is 1.31 bits per heavy atom. The number of rotatable bonds is 2. The first-order valence-corrected chi connectivity index (χ1v) is 6.18. The molecule has 1 saturated carbocycles. The Kier molecular flexibility index (Phi) is 2.40. The maximum atomic E-state index is 12.0. The number of nitrogens with zero attached hydrogens (tertiary/aromatic N) is 1. The van der Waals surface area contributed by atoms with Crippen molar-refractivity contribution in [1.29, 1.82) is 0 Å². The Balaban J connectivity index is 1.71. The molecule has 0 spiro atoms. The number of halogens is 1. The Bertz CT molecular complexity index is 428. The van der Waals surface area contributed by atoms with E-state index in [1.54, 1.807) is 0 Å². The Hall–Kier alpha value is -1.02. The minimum atomic E-state index is 0.195. The summed E-state index contributed by atoms with van der Waals surface area (Å²) in [5.41, 5.74) is 1.14. The quantitative estimate of drug-likeness (QED) is 0.772. The number of hydrogen-bond donors (Lipinski definition) is 0. The second kappa shape index (κ2) is 3.77. The minimum absolute atomic E-state index is 0.195. The summed E-state index contributed by atoms with van der Waals surface area (Å²) in [6.45, 7) is 1.90. The standard InChI is InChI=1S/C13H14ClNO/c14-12-5-2-1-4-9(12)10-8-11(10)13(16)15-6-3-7-15/h1-2,4-5,10-11H,3,6-8H2. The van der Waals surface area contributed by atoms with Crippen LogP contribution in [0.2, 0.25) is 5.02 Å². The molecule has 3 heteroatoms. The number of likely N-dealkylation sites (tertiary alicyclic amines) is 1. The van der Waals surface area contributed by atoms with Gasteiger partial charge in [-0.05, 0) is 30.4 Å². The molecule has 3 rings (SSSR count). The van der Waals surface area contributed by atoms with Crippen LogP contribution in [0.25, 0.3) is 0 Å². The van der Waals surface area contributed by atoms with E-state index in [0.717, 1.165) is 36.5 Å². The lowest BCUT2D eigenvalue weighted by Gasteiger charge is -2.31. The first-order valence-electron chi connectivity index (χ1n) is 5.80. The van der Waals surface area contributed by atoms with Gasteiger partial charge in [-0.2, -0.15) is 0 Å². The van der Waals surface area contributed by atoms with Gasteiger partial charge in [-0.25, -0.2) is 0 Å². The van der Waals surface area contributed by atoms with Crippen LogP contribution in [0.1, 0.15) is 24.3 Å². The lowest BCUT2D eigenvalue weighted by Crippen LogP contribution is -2.43. The molecule has 1 amide bonds. The molecular formula is C13H14ClNO. The summed E-state index contributed by atoms with van der Waals surface area (Å²) in [4.78, 5) is 13.9. The molecule has 1 aliphatic carbocycles. The molecule has 1 aromatic carbocycles. The fourth-order valence-electron chi connectivity index (χ4n) is 2.36. The zero-order valence-electron chi connectivity index (χ0n) is 9.03. The van der Waals surface area contributed by atoms with Crippen LogP contribution in [-0.2, 0) is 4.79 Å². The van der Waals surface area contributed by atoms with Gasteiger partial charge < -0.3 is 4.90 Å². The average molecular weight is 236 g/mol. The first-order chi connectivity index (χ1) is 7.77. The number of benzene rings is 1. The third kappa shape index (κ3) is 1.61. The van der Waals surface area contributed by atoms with E-state index in [2.05, 4.69) is 0 Å². The summed E-state index contributed by atoms with van der Waals surface area (Å²) in [7, 11) is 0. The molecule has 1 aromatic rings. The van der Waals surface area contributed by atoms with Crippen LogP contribution in [0.15, 0.2) is 24.3 Å². The first kappa shape index (κ1) is 10.2. The fourth-order valence-corrected chi connectivity index (χ4v) is 2.63. The van der Waals surface area contributed by atoms with Crippen molar-refractivity contribution in [2.75, 3.05) is 13.1 Å². The van der Waals surface area contributed by atoms with Gasteiger partial charge in [0.25, 0.3) is 0 Å². The highest BCUT2D eigenvalue weighted by atomic mass is 35.5. The maximum absolute atomic E-state index is 12.0. The minimum Gasteiger partial charge on any atom is -0.342 e. The summed E-state index contributed by atoms with van der Waals surface area (Å²) in [6.07, 6.45) is 2.13. The topological polar surface area (TPSA) is 20.3 Å². The van der Waals surface area contributed by atoms with E-state index in [-0.39, 0.29) is 5.92 Å². The SMILES string of the molecule is O=C(C1CC1c1ccccc1Cl)N1CCC1. The van der Waals surface area contributed by atoms with E-state index in [9.17, 15) is 4.79 Å². The van der Waals surface area contributed by atoms with E-state index in [0.29, 0.717) is 11.8 Å². The Morgan fingerprint density at radius 2 is 2.06 bits per heavy atom. The van der Waals surface area contributed by atoms with Crippen LogP contribution >= 0.6 is 11.6 Å². The van der Waals surface area contributed by atoms with E-state index in [1.807, 2.05) is 29.2 Å². The van der Waals surface area contributed by atoms with Crippen molar-refractivity contribution < 1.29 is 4.79 Å². The smallest absolute Gasteiger partial charge is 0.226 e. The molecular weight excluding hydrogens is 222 g/mol. The van der Waals surface area contributed by atoms with Gasteiger partial charge in [0.15, 0.2) is 0 Å². The Labute approximate surface area is 100 Å². The molecule has 1 aliphatic heterocycles. The highest BCUT2D eigenvalue weighted by Crippen LogP contribution is 2.50. The maximum Gasteiger partial charge on any atom is 0.226 e. The number of carbonyl (C=O) groups excluding carboxylic acids is 1. The van der Waals surface area contributed by atoms with Crippen molar-refractivity contribution in [3.63, 3.8) is 0 Å². The van der Waals surface area contributed by atoms with Crippen molar-refractivity contribution in [2.24, 2.45) is 5.92 Å². The van der Waals surface area contributed by atoms with Gasteiger partial charge in [0.1, 0.15) is 0 Å². The molecule has 2 atom stereocenters. The summed E-state index contributed by atoms with van der Waals surface area (Å²) < 4.78 is 0. The van der Waals surface area contributed by atoms with Crippen LogP contribution in [-0.4, -0.2) is 23.9 Å². The molecule has 2 aliphatic rings. The highest BCUT2D eigenvalue weighted by Gasteiger charge is 2.47. The third-order valence-corrected chi connectivity index (χ3v) is 3.92. The molecule has 0 aromatic heterocycles. The van der Waals surface area contributed by atoms with Gasteiger partial charge in [0.05, 0.1) is 0 Å². The molecule has 84 valence electrons. The molecule has 1 heterocycles. The van der Waals surface area contributed by atoms with Gasteiger partial charge in [-0.1, -0.05) is 29.8 Å². The van der Waals surface area contributed by atoms with Crippen molar-refractivity contribution in [3.8, 4) is 0 Å². The molecule has 2 fully saturated rings. The van der Waals surface area contributed by atoms with Crippen LogP contribution < -0.4 is 0 Å². The molecule has 2 unspecified atom stereocenters. The van der Waals surface area contributed by atoms with E-state index in [4.69, 9.17) is 11.6 Å².